The van der Waals surface area contributed by atoms with Crippen LogP contribution in [0.25, 0.3) is 0 Å². The van der Waals surface area contributed by atoms with Crippen LogP contribution in [0.5, 0.6) is 0 Å². The molecule has 0 heterocycles. The number of nitrogens with zero attached hydrogens (tertiary/aromatic N) is 1. The van der Waals surface area contributed by atoms with Gasteiger partial charge in [0, 0.05) is 3.57 Å². The number of esters is 1. The molecule has 0 radical (unpaired) electrons. The van der Waals surface area contributed by atoms with Crippen LogP contribution in [0, 0.1) is 20.7 Å². The number of nitriles is 1. The molecule has 0 amide bonds. The lowest BCUT2D eigenvalue weighted by Gasteiger charge is -2.06. The number of rotatable bonds is 2. The van der Waals surface area contributed by atoms with Crippen LogP contribution in [-0.2, 0) is 4.74 Å². The SMILES string of the molecule is CCOC(=O)c1c(F)ccc(I)c1C#N. The summed E-state index contributed by atoms with van der Waals surface area (Å²) in [4.78, 5) is 11.4. The van der Waals surface area contributed by atoms with Crippen molar-refractivity contribution in [3.05, 3.63) is 32.6 Å². The van der Waals surface area contributed by atoms with Crippen molar-refractivity contribution in [2.24, 2.45) is 0 Å². The predicted octanol–water partition coefficient (Wildman–Crippen LogP) is 2.48. The van der Waals surface area contributed by atoms with Gasteiger partial charge >= 0.3 is 5.97 Å². The molecule has 0 bridgehead atoms. The van der Waals surface area contributed by atoms with Gasteiger partial charge in [0.05, 0.1) is 12.2 Å². The smallest absolute Gasteiger partial charge is 0.342 e. The van der Waals surface area contributed by atoms with Crippen LogP contribution in [0.2, 0.25) is 0 Å². The molecular weight excluding hydrogens is 312 g/mol. The summed E-state index contributed by atoms with van der Waals surface area (Å²) in [5, 5.41) is 8.81. The van der Waals surface area contributed by atoms with Gasteiger partial charge in [-0.05, 0) is 41.6 Å². The number of carbonyl (C=O) groups excluding carboxylic acids is 1. The minimum Gasteiger partial charge on any atom is -0.462 e. The Bertz CT molecular complexity index is 440. The first-order valence-electron chi connectivity index (χ1n) is 4.17. The molecule has 1 aromatic rings. The predicted molar refractivity (Wildman–Crippen MR) is 59.8 cm³/mol. The second-order valence-electron chi connectivity index (χ2n) is 2.61. The molecule has 5 heteroatoms. The fourth-order valence-electron chi connectivity index (χ4n) is 1.06. The first kappa shape index (κ1) is 11.9. The summed E-state index contributed by atoms with van der Waals surface area (Å²) in [5.41, 5.74) is -0.264. The molecule has 0 aliphatic heterocycles. The van der Waals surface area contributed by atoms with Crippen molar-refractivity contribution in [3.8, 4) is 6.07 Å². The number of benzene rings is 1. The van der Waals surface area contributed by atoms with E-state index in [-0.39, 0.29) is 17.7 Å². The highest BCUT2D eigenvalue weighted by atomic mass is 127. The Labute approximate surface area is 100.0 Å². The van der Waals surface area contributed by atoms with Crippen molar-refractivity contribution >= 4 is 28.6 Å². The Morgan fingerprint density at radius 1 is 1.67 bits per heavy atom. The van der Waals surface area contributed by atoms with Gasteiger partial charge in [0.15, 0.2) is 0 Å². The first-order chi connectivity index (χ1) is 7.11. The molecule has 1 aromatic carbocycles. The van der Waals surface area contributed by atoms with E-state index in [0.29, 0.717) is 3.57 Å². The maximum atomic E-state index is 13.3. The van der Waals surface area contributed by atoms with E-state index < -0.39 is 11.8 Å². The van der Waals surface area contributed by atoms with Crippen molar-refractivity contribution in [1.29, 1.82) is 5.26 Å². The molecule has 3 nitrogen and oxygen atoms in total. The molecular formula is C10H7FINO2. The summed E-state index contributed by atoms with van der Waals surface area (Å²) >= 11 is 1.87. The normalized spacial score (nSPS) is 9.47. The molecule has 0 aliphatic carbocycles. The Morgan fingerprint density at radius 2 is 2.33 bits per heavy atom. The van der Waals surface area contributed by atoms with E-state index in [1.54, 1.807) is 13.0 Å². The zero-order valence-corrected chi connectivity index (χ0v) is 10.0. The van der Waals surface area contributed by atoms with E-state index in [9.17, 15) is 9.18 Å². The zero-order chi connectivity index (χ0) is 11.4. The largest absolute Gasteiger partial charge is 0.462 e. The van der Waals surface area contributed by atoms with Gasteiger partial charge in [-0.2, -0.15) is 5.26 Å². The second kappa shape index (κ2) is 5.07. The maximum absolute atomic E-state index is 13.3. The van der Waals surface area contributed by atoms with Crippen LogP contribution in [0.4, 0.5) is 4.39 Å². The third-order valence-electron chi connectivity index (χ3n) is 1.70. The number of carbonyl (C=O) groups is 1. The van der Waals surface area contributed by atoms with Crippen LogP contribution in [-0.4, -0.2) is 12.6 Å². The lowest BCUT2D eigenvalue weighted by Crippen LogP contribution is -2.10. The number of ether oxygens (including phenoxy) is 1. The third-order valence-corrected chi connectivity index (χ3v) is 2.59. The van der Waals surface area contributed by atoms with Gasteiger partial charge in [-0.3, -0.25) is 0 Å². The fourth-order valence-corrected chi connectivity index (χ4v) is 1.63. The standard InChI is InChI=1S/C10H7FINO2/c1-2-15-10(14)9-6(5-13)8(12)4-3-7(9)11/h3-4H,2H2,1H3. The minimum atomic E-state index is -0.801. The van der Waals surface area contributed by atoms with Crippen molar-refractivity contribution in [1.82, 2.24) is 0 Å². The summed E-state index contributed by atoms with van der Waals surface area (Å²) in [6, 6.07) is 4.38. The Kier molecular flexibility index (Phi) is 4.03. The van der Waals surface area contributed by atoms with E-state index in [1.807, 2.05) is 22.6 Å². The average molecular weight is 319 g/mol. The van der Waals surface area contributed by atoms with Gasteiger partial charge in [0.25, 0.3) is 0 Å². The summed E-state index contributed by atoms with van der Waals surface area (Å²) in [6.07, 6.45) is 0. The molecule has 0 aliphatic rings. The van der Waals surface area contributed by atoms with E-state index in [2.05, 4.69) is 4.74 Å². The first-order valence-corrected chi connectivity index (χ1v) is 5.25. The number of hydrogen-bond acceptors (Lipinski definition) is 3. The summed E-state index contributed by atoms with van der Waals surface area (Å²) in [6.45, 7) is 1.77. The van der Waals surface area contributed by atoms with E-state index in [1.165, 1.54) is 6.07 Å². The van der Waals surface area contributed by atoms with Crippen molar-refractivity contribution in [3.63, 3.8) is 0 Å². The van der Waals surface area contributed by atoms with E-state index in [4.69, 9.17) is 5.26 Å². The molecule has 0 atom stereocenters. The van der Waals surface area contributed by atoms with Crippen LogP contribution in [0.15, 0.2) is 12.1 Å². The van der Waals surface area contributed by atoms with Gasteiger partial charge in [0.2, 0.25) is 0 Å². The van der Waals surface area contributed by atoms with Gasteiger partial charge in [-0.15, -0.1) is 0 Å². The Balaban J connectivity index is 3.33. The molecule has 0 aromatic heterocycles. The minimum absolute atomic E-state index is 0.0223. The lowest BCUT2D eigenvalue weighted by molar-refractivity contribution is 0.0520. The zero-order valence-electron chi connectivity index (χ0n) is 7.88. The summed E-state index contributed by atoms with van der Waals surface area (Å²) in [7, 11) is 0. The molecule has 1 rings (SSSR count). The molecule has 0 saturated heterocycles. The maximum Gasteiger partial charge on any atom is 0.342 e. The van der Waals surface area contributed by atoms with Crippen molar-refractivity contribution in [2.45, 2.75) is 6.92 Å². The van der Waals surface area contributed by atoms with Gasteiger partial charge < -0.3 is 4.74 Å². The molecule has 15 heavy (non-hydrogen) atoms. The topological polar surface area (TPSA) is 50.1 Å². The van der Waals surface area contributed by atoms with Gasteiger partial charge in [0.1, 0.15) is 17.4 Å². The Hall–Kier alpha value is -1.16. The molecule has 0 spiro atoms. The molecule has 0 saturated carbocycles. The van der Waals surface area contributed by atoms with Crippen molar-refractivity contribution < 1.29 is 13.9 Å². The van der Waals surface area contributed by atoms with Crippen LogP contribution < -0.4 is 0 Å². The number of hydrogen-bond donors (Lipinski definition) is 0. The lowest BCUT2D eigenvalue weighted by atomic mass is 10.1. The van der Waals surface area contributed by atoms with Crippen molar-refractivity contribution in [2.75, 3.05) is 6.61 Å². The second-order valence-corrected chi connectivity index (χ2v) is 3.77. The number of halogens is 2. The molecule has 0 unspecified atom stereocenters. The van der Waals surface area contributed by atoms with Crippen LogP contribution in [0.1, 0.15) is 22.8 Å². The van der Waals surface area contributed by atoms with Crippen LogP contribution in [0.3, 0.4) is 0 Å². The highest BCUT2D eigenvalue weighted by molar-refractivity contribution is 14.1. The quantitative estimate of drug-likeness (QED) is 0.622. The molecule has 78 valence electrons. The molecule has 0 fully saturated rings. The summed E-state index contributed by atoms with van der Waals surface area (Å²) in [5.74, 6) is -1.53. The average Bonchev–Trinajstić information content (AvgIpc) is 2.21. The Morgan fingerprint density at radius 3 is 2.87 bits per heavy atom. The fraction of sp³-hybridized carbons (Fsp3) is 0.200. The summed E-state index contributed by atoms with van der Waals surface area (Å²) < 4.78 is 18.5. The van der Waals surface area contributed by atoms with E-state index >= 15 is 0 Å². The highest BCUT2D eigenvalue weighted by Gasteiger charge is 2.20. The molecule has 0 N–H and O–H groups in total. The van der Waals surface area contributed by atoms with E-state index in [0.717, 1.165) is 6.07 Å². The van der Waals surface area contributed by atoms with Gasteiger partial charge in [-0.1, -0.05) is 0 Å². The highest BCUT2D eigenvalue weighted by Crippen LogP contribution is 2.20. The monoisotopic (exact) mass is 319 g/mol. The van der Waals surface area contributed by atoms with Crippen LogP contribution >= 0.6 is 22.6 Å². The third kappa shape index (κ3) is 2.45. The van der Waals surface area contributed by atoms with Gasteiger partial charge in [-0.25, -0.2) is 9.18 Å².